The van der Waals surface area contributed by atoms with Crippen LogP contribution >= 0.6 is 0 Å². The summed E-state index contributed by atoms with van der Waals surface area (Å²) in [7, 11) is -1.03. The number of fused-ring (bicyclic) bond motifs is 1. The molecular weight excluding hydrogens is 420 g/mol. The van der Waals surface area contributed by atoms with E-state index in [1.165, 1.54) is 25.0 Å². The molecule has 0 radical (unpaired) electrons. The molecular formula is C22H24N2O6S. The highest BCUT2D eigenvalue weighted by atomic mass is 32.2. The Balaban J connectivity index is 2.14. The Kier molecular flexibility index (Phi) is 6.35. The minimum atomic E-state index is -3.80. The zero-order chi connectivity index (χ0) is 22.8. The third kappa shape index (κ3) is 4.27. The van der Waals surface area contributed by atoms with E-state index in [-0.39, 0.29) is 12.0 Å². The van der Waals surface area contributed by atoms with Crippen molar-refractivity contribution in [3.05, 3.63) is 60.3 Å². The molecule has 8 nitrogen and oxygen atoms in total. The summed E-state index contributed by atoms with van der Waals surface area (Å²) in [6.07, 6.45) is 2.68. The molecule has 164 valence electrons. The lowest BCUT2D eigenvalue weighted by molar-refractivity contribution is 0.0603. The number of ether oxygens (including phenoxy) is 2. The number of carbonyl (C=O) groups is 2. The molecule has 1 heterocycles. The average Bonchev–Trinajstić information content (AvgIpc) is 3.15. The van der Waals surface area contributed by atoms with Gasteiger partial charge in [0, 0.05) is 11.6 Å². The number of anilines is 1. The molecule has 0 aliphatic rings. The van der Waals surface area contributed by atoms with Crippen molar-refractivity contribution in [1.29, 1.82) is 0 Å². The Morgan fingerprint density at radius 3 is 2.26 bits per heavy atom. The van der Waals surface area contributed by atoms with Crippen molar-refractivity contribution >= 4 is 38.5 Å². The molecule has 0 N–H and O–H groups in total. The van der Waals surface area contributed by atoms with Crippen molar-refractivity contribution in [2.75, 3.05) is 24.8 Å². The van der Waals surface area contributed by atoms with E-state index in [1.54, 1.807) is 55.5 Å². The van der Waals surface area contributed by atoms with E-state index in [1.807, 2.05) is 0 Å². The number of aromatic nitrogens is 1. The van der Waals surface area contributed by atoms with Crippen LogP contribution in [0.25, 0.3) is 10.9 Å². The summed E-state index contributed by atoms with van der Waals surface area (Å²) in [6, 6.07) is 12.3. The Bertz CT molecular complexity index is 1210. The minimum absolute atomic E-state index is 0.220. The van der Waals surface area contributed by atoms with Gasteiger partial charge in [-0.25, -0.2) is 13.2 Å². The van der Waals surface area contributed by atoms with Gasteiger partial charge in [-0.2, -0.15) is 0 Å². The third-order valence-electron chi connectivity index (χ3n) is 4.99. The fraction of sp³-hybridized carbons (Fsp3) is 0.273. The lowest BCUT2D eigenvalue weighted by atomic mass is 10.1. The zero-order valence-corrected chi connectivity index (χ0v) is 18.5. The Morgan fingerprint density at radius 1 is 1.06 bits per heavy atom. The first-order valence-electron chi connectivity index (χ1n) is 9.59. The van der Waals surface area contributed by atoms with Gasteiger partial charge in [-0.1, -0.05) is 25.1 Å². The van der Waals surface area contributed by atoms with E-state index in [0.717, 1.165) is 10.6 Å². The Labute approximate surface area is 181 Å². The summed E-state index contributed by atoms with van der Waals surface area (Å²) in [6.45, 7) is 1.73. The first kappa shape index (κ1) is 22.4. The summed E-state index contributed by atoms with van der Waals surface area (Å²) < 4.78 is 37.8. The molecule has 0 aliphatic carbocycles. The maximum atomic E-state index is 13.6. The van der Waals surface area contributed by atoms with Crippen LogP contribution in [0.15, 0.2) is 54.7 Å². The molecule has 1 aromatic heterocycles. The second kappa shape index (κ2) is 8.81. The smallest absolute Gasteiger partial charge is 0.340 e. The van der Waals surface area contributed by atoms with E-state index >= 15 is 0 Å². The molecule has 0 spiro atoms. The lowest BCUT2D eigenvalue weighted by Crippen LogP contribution is -2.46. The Hall–Kier alpha value is -3.33. The number of esters is 1. The number of hydrogen-bond acceptors (Lipinski definition) is 6. The molecule has 0 unspecified atom stereocenters. The van der Waals surface area contributed by atoms with Crippen LogP contribution in [-0.4, -0.2) is 51.4 Å². The van der Waals surface area contributed by atoms with E-state index in [2.05, 4.69) is 0 Å². The van der Waals surface area contributed by atoms with Crippen molar-refractivity contribution in [3.8, 4) is 5.75 Å². The quantitative estimate of drug-likeness (QED) is 0.519. The highest BCUT2D eigenvalue weighted by Gasteiger charge is 2.33. The number of nitrogens with zero attached hydrogens (tertiary/aromatic N) is 2. The van der Waals surface area contributed by atoms with Gasteiger partial charge in [-0.3, -0.25) is 13.7 Å². The number of hydrogen-bond donors (Lipinski definition) is 0. The number of methoxy groups -OCH3 is 2. The number of rotatable bonds is 7. The summed E-state index contributed by atoms with van der Waals surface area (Å²) >= 11 is 0. The fourth-order valence-corrected chi connectivity index (χ4v) is 4.77. The lowest BCUT2D eigenvalue weighted by Gasteiger charge is -2.30. The molecule has 3 aromatic rings. The SMILES string of the molecule is CC[C@H](C(=O)n1cc(C(=O)OC)c2ccccc21)N(c1ccc(OC)cc1)S(C)(=O)=O. The fourth-order valence-electron chi connectivity index (χ4n) is 3.57. The van der Waals surface area contributed by atoms with Crippen LogP contribution in [0.1, 0.15) is 28.5 Å². The normalized spacial score (nSPS) is 12.4. The predicted molar refractivity (Wildman–Crippen MR) is 118 cm³/mol. The molecule has 3 rings (SSSR count). The molecule has 1 atom stereocenters. The second-order valence-corrected chi connectivity index (χ2v) is 8.80. The molecule has 0 aliphatic heterocycles. The molecule has 0 fully saturated rings. The number of carbonyl (C=O) groups excluding carboxylic acids is 2. The topological polar surface area (TPSA) is 94.9 Å². The summed E-state index contributed by atoms with van der Waals surface area (Å²) in [5.74, 6) is -0.489. The third-order valence-corrected chi connectivity index (χ3v) is 6.17. The van der Waals surface area contributed by atoms with Crippen molar-refractivity contribution in [2.45, 2.75) is 19.4 Å². The van der Waals surface area contributed by atoms with E-state index in [9.17, 15) is 18.0 Å². The van der Waals surface area contributed by atoms with Gasteiger partial charge in [0.2, 0.25) is 10.0 Å². The highest BCUT2D eigenvalue weighted by Crippen LogP contribution is 2.28. The van der Waals surface area contributed by atoms with Crippen LogP contribution in [0, 0.1) is 0 Å². The standard InChI is InChI=1S/C22H24N2O6S/c1-5-19(24(31(4,27)28)15-10-12-16(29-2)13-11-15)21(25)23-14-18(22(26)30-3)17-8-6-7-9-20(17)23/h6-14,19H,5H2,1-4H3/t19-/m1/s1. The van der Waals surface area contributed by atoms with Crippen LogP contribution in [0.4, 0.5) is 5.69 Å². The van der Waals surface area contributed by atoms with Crippen molar-refractivity contribution in [1.82, 2.24) is 4.57 Å². The van der Waals surface area contributed by atoms with E-state index < -0.39 is 27.9 Å². The number of para-hydroxylation sites is 1. The zero-order valence-electron chi connectivity index (χ0n) is 17.7. The first-order valence-corrected chi connectivity index (χ1v) is 11.4. The number of sulfonamides is 1. The van der Waals surface area contributed by atoms with Gasteiger partial charge in [-0.15, -0.1) is 0 Å². The first-order chi connectivity index (χ1) is 14.7. The Morgan fingerprint density at radius 2 is 1.71 bits per heavy atom. The maximum absolute atomic E-state index is 13.6. The van der Waals surface area contributed by atoms with Crippen molar-refractivity contribution < 1.29 is 27.5 Å². The molecule has 2 aromatic carbocycles. The van der Waals surface area contributed by atoms with Crippen molar-refractivity contribution in [3.63, 3.8) is 0 Å². The summed E-state index contributed by atoms with van der Waals surface area (Å²) in [4.78, 5) is 25.8. The van der Waals surface area contributed by atoms with Crippen LogP contribution in [0.2, 0.25) is 0 Å². The molecule has 31 heavy (non-hydrogen) atoms. The molecule has 9 heteroatoms. The number of benzene rings is 2. The van der Waals surface area contributed by atoms with Gasteiger partial charge in [0.05, 0.1) is 37.2 Å². The monoisotopic (exact) mass is 444 g/mol. The highest BCUT2D eigenvalue weighted by molar-refractivity contribution is 7.92. The van der Waals surface area contributed by atoms with E-state index in [4.69, 9.17) is 9.47 Å². The van der Waals surface area contributed by atoms with Gasteiger partial charge in [-0.05, 0) is 36.8 Å². The second-order valence-electron chi connectivity index (χ2n) is 6.94. The molecule has 0 amide bonds. The van der Waals surface area contributed by atoms with Gasteiger partial charge >= 0.3 is 5.97 Å². The van der Waals surface area contributed by atoms with Crippen LogP contribution in [0.5, 0.6) is 5.75 Å². The minimum Gasteiger partial charge on any atom is -0.497 e. The van der Waals surface area contributed by atoms with Crippen LogP contribution in [0.3, 0.4) is 0 Å². The van der Waals surface area contributed by atoms with Gasteiger partial charge in [0.15, 0.2) is 0 Å². The van der Waals surface area contributed by atoms with E-state index in [0.29, 0.717) is 22.3 Å². The molecule has 0 bridgehead atoms. The van der Waals surface area contributed by atoms with Gasteiger partial charge in [0.1, 0.15) is 11.8 Å². The predicted octanol–water partition coefficient (Wildman–Crippen LogP) is 3.32. The van der Waals surface area contributed by atoms with Crippen molar-refractivity contribution in [2.24, 2.45) is 0 Å². The van der Waals surface area contributed by atoms with Crippen LogP contribution < -0.4 is 9.04 Å². The summed E-state index contributed by atoms with van der Waals surface area (Å²) in [5.41, 5.74) is 1.07. The summed E-state index contributed by atoms with van der Waals surface area (Å²) in [5, 5.41) is 0.549. The van der Waals surface area contributed by atoms with Gasteiger partial charge in [0.25, 0.3) is 5.91 Å². The van der Waals surface area contributed by atoms with Gasteiger partial charge < -0.3 is 9.47 Å². The molecule has 0 saturated heterocycles. The largest absolute Gasteiger partial charge is 0.497 e. The maximum Gasteiger partial charge on any atom is 0.340 e. The average molecular weight is 445 g/mol. The molecule has 0 saturated carbocycles. The van der Waals surface area contributed by atoms with Crippen LogP contribution in [-0.2, 0) is 14.8 Å².